The number of hydrogen-bond acceptors (Lipinski definition) is 3. The first-order chi connectivity index (χ1) is 9.77. The van der Waals surface area contributed by atoms with Crippen LogP contribution in [0.1, 0.15) is 44.5 Å². The predicted molar refractivity (Wildman–Crippen MR) is 86.4 cm³/mol. The molecule has 5 nitrogen and oxygen atoms in total. The summed E-state index contributed by atoms with van der Waals surface area (Å²) in [7, 11) is -1.87. The molecule has 7 heteroatoms. The second-order valence-electron chi connectivity index (χ2n) is 5.42. The summed E-state index contributed by atoms with van der Waals surface area (Å²) < 4.78 is 28.8. The molecule has 0 aliphatic rings. The number of rotatable bonds is 8. The van der Waals surface area contributed by atoms with Gasteiger partial charge in [0.05, 0.1) is 11.4 Å². The first-order valence-electron chi connectivity index (χ1n) is 7.35. The molecule has 21 heavy (non-hydrogen) atoms. The van der Waals surface area contributed by atoms with Crippen molar-refractivity contribution in [3.63, 3.8) is 0 Å². The van der Waals surface area contributed by atoms with E-state index in [-0.39, 0.29) is 6.04 Å². The molecule has 1 rings (SSSR count). The van der Waals surface area contributed by atoms with E-state index in [0.29, 0.717) is 28.7 Å². The summed E-state index contributed by atoms with van der Waals surface area (Å²) in [6, 6.07) is -0.0232. The van der Waals surface area contributed by atoms with Gasteiger partial charge >= 0.3 is 0 Å². The second-order valence-corrected chi connectivity index (χ2v) is 7.74. The highest BCUT2D eigenvalue weighted by atomic mass is 35.5. The van der Waals surface area contributed by atoms with E-state index in [1.54, 1.807) is 25.6 Å². The third-order valence-corrected chi connectivity index (χ3v) is 6.28. The minimum absolute atomic E-state index is 0.0232. The molecule has 0 radical (unpaired) electrons. The summed E-state index contributed by atoms with van der Waals surface area (Å²) in [5, 5.41) is 4.35. The second kappa shape index (κ2) is 7.61. The largest absolute Gasteiger partial charge is 0.268 e. The van der Waals surface area contributed by atoms with Crippen molar-refractivity contribution in [2.24, 2.45) is 0 Å². The van der Waals surface area contributed by atoms with Crippen molar-refractivity contribution in [1.82, 2.24) is 14.1 Å². The van der Waals surface area contributed by atoms with E-state index in [0.717, 1.165) is 19.3 Å². The van der Waals surface area contributed by atoms with Crippen molar-refractivity contribution in [3.8, 4) is 0 Å². The Morgan fingerprint density at radius 3 is 2.52 bits per heavy atom. The molecule has 0 N–H and O–H groups in total. The van der Waals surface area contributed by atoms with Crippen LogP contribution in [0.5, 0.6) is 0 Å². The Kier molecular flexibility index (Phi) is 6.69. The average molecular weight is 336 g/mol. The summed E-state index contributed by atoms with van der Waals surface area (Å²) in [5.74, 6) is 0.536. The smallest absolute Gasteiger partial charge is 0.246 e. The molecule has 1 atom stereocenters. The van der Waals surface area contributed by atoms with Crippen LogP contribution in [0.25, 0.3) is 0 Å². The maximum absolute atomic E-state index is 12.8. The Hall–Kier alpha value is -0.590. The molecule has 0 bridgehead atoms. The van der Waals surface area contributed by atoms with Crippen LogP contribution in [0.15, 0.2) is 4.90 Å². The van der Waals surface area contributed by atoms with Gasteiger partial charge in [-0.2, -0.15) is 9.40 Å². The van der Waals surface area contributed by atoms with Gasteiger partial charge in [0, 0.05) is 25.5 Å². The normalized spacial score (nSPS) is 13.9. The topological polar surface area (TPSA) is 55.2 Å². The summed E-state index contributed by atoms with van der Waals surface area (Å²) in [6.45, 7) is 8.18. The van der Waals surface area contributed by atoms with Crippen LogP contribution in [-0.2, 0) is 16.6 Å². The standard InChI is InChI=1S/C14H26ClN3O2S/c1-6-8-11(2)17(5)21(19,20)14-12(3)16-18(13(14)4)10-7-9-15/h11H,6-10H2,1-5H3. The van der Waals surface area contributed by atoms with Gasteiger partial charge in [0.2, 0.25) is 10.0 Å². The van der Waals surface area contributed by atoms with Gasteiger partial charge in [-0.25, -0.2) is 8.42 Å². The van der Waals surface area contributed by atoms with Crippen LogP contribution in [0.4, 0.5) is 0 Å². The number of sulfonamides is 1. The van der Waals surface area contributed by atoms with Crippen molar-refractivity contribution in [1.29, 1.82) is 0 Å². The van der Waals surface area contributed by atoms with Crippen LogP contribution in [0.3, 0.4) is 0 Å². The molecule has 0 aliphatic carbocycles. The Balaban J connectivity index is 3.17. The SMILES string of the molecule is CCCC(C)N(C)S(=O)(=O)c1c(C)nn(CCCCl)c1C. The lowest BCUT2D eigenvalue weighted by Gasteiger charge is -2.24. The number of aromatic nitrogens is 2. The van der Waals surface area contributed by atoms with Gasteiger partial charge in [-0.15, -0.1) is 11.6 Å². The molecule has 0 fully saturated rings. The fourth-order valence-corrected chi connectivity index (χ4v) is 4.34. The van der Waals surface area contributed by atoms with Crippen LogP contribution >= 0.6 is 11.6 Å². The van der Waals surface area contributed by atoms with Gasteiger partial charge < -0.3 is 0 Å². The maximum atomic E-state index is 12.8. The number of alkyl halides is 1. The third kappa shape index (κ3) is 3.99. The van der Waals surface area contributed by atoms with Crippen molar-refractivity contribution in [2.75, 3.05) is 12.9 Å². The van der Waals surface area contributed by atoms with E-state index < -0.39 is 10.0 Å². The lowest BCUT2D eigenvalue weighted by atomic mass is 10.2. The summed E-state index contributed by atoms with van der Waals surface area (Å²) in [6.07, 6.45) is 2.56. The number of halogens is 1. The number of aryl methyl sites for hydroxylation is 2. The molecule has 1 aromatic heterocycles. The first kappa shape index (κ1) is 18.5. The highest BCUT2D eigenvalue weighted by molar-refractivity contribution is 7.89. The lowest BCUT2D eigenvalue weighted by molar-refractivity contribution is 0.368. The van der Waals surface area contributed by atoms with Gasteiger partial charge in [0.15, 0.2) is 0 Å². The van der Waals surface area contributed by atoms with Crippen LogP contribution in [0, 0.1) is 13.8 Å². The van der Waals surface area contributed by atoms with Crippen molar-refractivity contribution in [2.45, 2.75) is 64.4 Å². The quantitative estimate of drug-likeness (QED) is 0.686. The van der Waals surface area contributed by atoms with Gasteiger partial charge in [-0.05, 0) is 33.6 Å². The van der Waals surface area contributed by atoms with E-state index >= 15 is 0 Å². The highest BCUT2D eigenvalue weighted by Crippen LogP contribution is 2.25. The number of nitrogens with zero attached hydrogens (tertiary/aromatic N) is 3. The van der Waals surface area contributed by atoms with E-state index in [9.17, 15) is 8.42 Å². The van der Waals surface area contributed by atoms with Gasteiger partial charge in [-0.3, -0.25) is 4.68 Å². The molecule has 122 valence electrons. The Labute approximate surface area is 133 Å². The van der Waals surface area contributed by atoms with E-state index in [4.69, 9.17) is 11.6 Å². The summed E-state index contributed by atoms with van der Waals surface area (Å²) in [5.41, 5.74) is 1.24. The minimum atomic E-state index is -3.51. The van der Waals surface area contributed by atoms with Gasteiger partial charge in [-0.1, -0.05) is 13.3 Å². The minimum Gasteiger partial charge on any atom is -0.268 e. The van der Waals surface area contributed by atoms with Gasteiger partial charge in [0.25, 0.3) is 0 Å². The van der Waals surface area contributed by atoms with Crippen LogP contribution < -0.4 is 0 Å². The van der Waals surface area contributed by atoms with Gasteiger partial charge in [0.1, 0.15) is 4.90 Å². The zero-order chi connectivity index (χ0) is 16.2. The maximum Gasteiger partial charge on any atom is 0.246 e. The molecule has 0 saturated heterocycles. The molecular formula is C14H26ClN3O2S. The van der Waals surface area contributed by atoms with E-state index in [2.05, 4.69) is 12.0 Å². The summed E-state index contributed by atoms with van der Waals surface area (Å²) in [4.78, 5) is 0.336. The zero-order valence-corrected chi connectivity index (χ0v) is 15.1. The predicted octanol–water partition coefficient (Wildman–Crippen LogP) is 2.94. The fraction of sp³-hybridized carbons (Fsp3) is 0.786. The highest BCUT2D eigenvalue weighted by Gasteiger charge is 2.30. The fourth-order valence-electron chi connectivity index (χ4n) is 2.46. The molecule has 0 saturated carbocycles. The summed E-state index contributed by atoms with van der Waals surface area (Å²) >= 11 is 5.70. The third-order valence-electron chi connectivity index (χ3n) is 3.78. The van der Waals surface area contributed by atoms with Crippen molar-refractivity contribution in [3.05, 3.63) is 11.4 Å². The van der Waals surface area contributed by atoms with Crippen molar-refractivity contribution < 1.29 is 8.42 Å². The van der Waals surface area contributed by atoms with E-state index in [1.807, 2.05) is 6.92 Å². The monoisotopic (exact) mass is 335 g/mol. The molecule has 0 spiro atoms. The van der Waals surface area contributed by atoms with Crippen molar-refractivity contribution >= 4 is 21.6 Å². The number of hydrogen-bond donors (Lipinski definition) is 0. The molecule has 1 heterocycles. The molecular weight excluding hydrogens is 310 g/mol. The average Bonchev–Trinajstić information content (AvgIpc) is 2.70. The Morgan fingerprint density at radius 1 is 1.38 bits per heavy atom. The lowest BCUT2D eigenvalue weighted by Crippen LogP contribution is -2.35. The molecule has 0 aliphatic heterocycles. The molecule has 1 aromatic rings. The Morgan fingerprint density at radius 2 is 2.00 bits per heavy atom. The van der Waals surface area contributed by atoms with Crippen LogP contribution in [-0.4, -0.2) is 41.5 Å². The Bertz CT molecular complexity index is 569. The molecule has 0 amide bonds. The molecule has 0 aromatic carbocycles. The molecule has 1 unspecified atom stereocenters. The van der Waals surface area contributed by atoms with Crippen LogP contribution in [0.2, 0.25) is 0 Å². The first-order valence-corrected chi connectivity index (χ1v) is 9.32. The van der Waals surface area contributed by atoms with E-state index in [1.165, 1.54) is 4.31 Å². The zero-order valence-electron chi connectivity index (χ0n) is 13.6.